The van der Waals surface area contributed by atoms with Crippen molar-refractivity contribution in [3.8, 4) is 0 Å². The Morgan fingerprint density at radius 3 is 2.67 bits per heavy atom. The molecule has 0 atom stereocenters. The first-order chi connectivity index (χ1) is 8.51. The number of nitrogens with zero attached hydrogens (tertiary/aromatic N) is 1. The van der Waals surface area contributed by atoms with Gasteiger partial charge in [0.2, 0.25) is 0 Å². The van der Waals surface area contributed by atoms with Crippen molar-refractivity contribution in [3.63, 3.8) is 0 Å². The summed E-state index contributed by atoms with van der Waals surface area (Å²) >= 11 is 0. The molecule has 4 N–H and O–H groups in total. The van der Waals surface area contributed by atoms with Gasteiger partial charge < -0.3 is 21.1 Å². The minimum Gasteiger partial charge on any atom is -0.515 e. The molecule has 0 saturated carbocycles. The topological polar surface area (TPSA) is 78.6 Å². The molecule has 0 saturated heterocycles. The van der Waals surface area contributed by atoms with E-state index in [9.17, 15) is 4.79 Å². The van der Waals surface area contributed by atoms with Crippen molar-refractivity contribution in [1.82, 2.24) is 10.2 Å². The molecule has 5 nitrogen and oxygen atoms in total. The van der Waals surface area contributed by atoms with E-state index in [2.05, 4.69) is 10.2 Å². The SMILES string of the molecule is CCN(C)CCNC(=O)C(/C=C\C=C(/C)N)=C\O. The smallest absolute Gasteiger partial charge is 0.254 e. The standard InChI is InChI=1S/C13H23N3O2/c1-4-16(3)9-8-15-13(18)12(10-17)7-5-6-11(2)14/h5-7,10,17H,4,8-9,14H2,1-3H3,(H,15,18)/b7-5-,11-6+,12-10-. The zero-order valence-electron chi connectivity index (χ0n) is 11.3. The molecule has 5 heteroatoms. The number of carbonyl (C=O) groups is 1. The number of allylic oxidation sites excluding steroid dienone is 3. The fourth-order valence-corrected chi connectivity index (χ4v) is 1.10. The Morgan fingerprint density at radius 2 is 2.17 bits per heavy atom. The van der Waals surface area contributed by atoms with Gasteiger partial charge in [-0.15, -0.1) is 0 Å². The Hall–Kier alpha value is -1.75. The Balaban J connectivity index is 4.21. The van der Waals surface area contributed by atoms with E-state index in [-0.39, 0.29) is 11.5 Å². The van der Waals surface area contributed by atoms with Crippen LogP contribution >= 0.6 is 0 Å². The number of hydrogen-bond donors (Lipinski definition) is 3. The van der Waals surface area contributed by atoms with Crippen molar-refractivity contribution in [2.45, 2.75) is 13.8 Å². The number of carbonyl (C=O) groups excluding carboxylic acids is 1. The van der Waals surface area contributed by atoms with Gasteiger partial charge in [0.05, 0.1) is 11.8 Å². The number of nitrogens with one attached hydrogen (secondary N) is 1. The number of nitrogens with two attached hydrogens (primary N) is 1. The summed E-state index contributed by atoms with van der Waals surface area (Å²) in [6.07, 6.45) is 5.57. The van der Waals surface area contributed by atoms with Crippen LogP contribution in [0.2, 0.25) is 0 Å². The lowest BCUT2D eigenvalue weighted by Crippen LogP contribution is -2.33. The first kappa shape index (κ1) is 16.2. The third-order valence-corrected chi connectivity index (χ3v) is 2.36. The van der Waals surface area contributed by atoms with Crippen molar-refractivity contribution < 1.29 is 9.90 Å². The van der Waals surface area contributed by atoms with E-state index < -0.39 is 0 Å². The second-order valence-electron chi connectivity index (χ2n) is 4.01. The summed E-state index contributed by atoms with van der Waals surface area (Å²) in [6, 6.07) is 0. The molecule has 1 amide bonds. The molecule has 0 aromatic heterocycles. The van der Waals surface area contributed by atoms with Gasteiger partial charge in [0, 0.05) is 18.8 Å². The van der Waals surface area contributed by atoms with Gasteiger partial charge in [0.25, 0.3) is 5.91 Å². The number of hydrogen-bond acceptors (Lipinski definition) is 4. The Labute approximate surface area is 109 Å². The highest BCUT2D eigenvalue weighted by molar-refractivity contribution is 5.95. The number of aliphatic hydroxyl groups is 1. The number of likely N-dealkylation sites (N-methyl/N-ethyl adjacent to an activating group) is 1. The van der Waals surface area contributed by atoms with Gasteiger partial charge in [-0.25, -0.2) is 0 Å². The van der Waals surface area contributed by atoms with Crippen molar-refractivity contribution in [2.75, 3.05) is 26.7 Å². The van der Waals surface area contributed by atoms with Crippen LogP contribution in [0.4, 0.5) is 0 Å². The van der Waals surface area contributed by atoms with Gasteiger partial charge in [0.1, 0.15) is 0 Å². The van der Waals surface area contributed by atoms with Gasteiger partial charge >= 0.3 is 0 Å². The minimum atomic E-state index is -0.304. The van der Waals surface area contributed by atoms with Crippen LogP contribution in [0.25, 0.3) is 0 Å². The summed E-state index contributed by atoms with van der Waals surface area (Å²) in [4.78, 5) is 13.7. The van der Waals surface area contributed by atoms with Gasteiger partial charge in [-0.05, 0) is 32.7 Å². The van der Waals surface area contributed by atoms with Gasteiger partial charge in [-0.3, -0.25) is 4.79 Å². The quantitative estimate of drug-likeness (QED) is 0.358. The molecular formula is C13H23N3O2. The normalized spacial score (nSPS) is 13.3. The highest BCUT2D eigenvalue weighted by Gasteiger charge is 2.05. The summed E-state index contributed by atoms with van der Waals surface area (Å²) in [5, 5.41) is 11.7. The molecule has 0 aliphatic heterocycles. The molecule has 0 radical (unpaired) electrons. The molecule has 102 valence electrons. The maximum Gasteiger partial charge on any atom is 0.254 e. The van der Waals surface area contributed by atoms with Crippen LogP contribution in [-0.2, 0) is 4.79 Å². The molecule has 0 spiro atoms. The first-order valence-electron chi connectivity index (χ1n) is 5.92. The Bertz CT molecular complexity index is 342. The molecule has 0 aliphatic carbocycles. The van der Waals surface area contributed by atoms with Gasteiger partial charge in [-0.1, -0.05) is 13.0 Å². The summed E-state index contributed by atoms with van der Waals surface area (Å²) < 4.78 is 0. The fraction of sp³-hybridized carbons (Fsp3) is 0.462. The summed E-state index contributed by atoms with van der Waals surface area (Å²) in [5.74, 6) is -0.304. The van der Waals surface area contributed by atoms with E-state index in [1.165, 1.54) is 6.08 Å². The molecule has 0 aromatic carbocycles. The lowest BCUT2D eigenvalue weighted by molar-refractivity contribution is -0.117. The van der Waals surface area contributed by atoms with Gasteiger partial charge in [0.15, 0.2) is 0 Å². The minimum absolute atomic E-state index is 0.201. The van der Waals surface area contributed by atoms with Crippen molar-refractivity contribution in [3.05, 3.63) is 35.8 Å². The van der Waals surface area contributed by atoms with E-state index in [1.807, 2.05) is 14.0 Å². The van der Waals surface area contributed by atoms with E-state index in [0.717, 1.165) is 19.4 Å². The molecule has 0 aliphatic rings. The fourth-order valence-electron chi connectivity index (χ4n) is 1.10. The van der Waals surface area contributed by atoms with E-state index in [1.54, 1.807) is 19.1 Å². The lowest BCUT2D eigenvalue weighted by atomic mass is 10.2. The Kier molecular flexibility index (Phi) is 8.39. The largest absolute Gasteiger partial charge is 0.515 e. The van der Waals surface area contributed by atoms with Crippen LogP contribution in [0.1, 0.15) is 13.8 Å². The van der Waals surface area contributed by atoms with Crippen LogP contribution < -0.4 is 11.1 Å². The summed E-state index contributed by atoms with van der Waals surface area (Å²) in [5.41, 5.74) is 6.28. The van der Waals surface area contributed by atoms with Crippen molar-refractivity contribution in [1.29, 1.82) is 0 Å². The first-order valence-corrected chi connectivity index (χ1v) is 5.92. The average Bonchev–Trinajstić information content (AvgIpc) is 2.33. The molecular weight excluding hydrogens is 230 g/mol. The highest BCUT2D eigenvalue weighted by atomic mass is 16.2. The molecule has 0 fully saturated rings. The maximum absolute atomic E-state index is 11.7. The third-order valence-electron chi connectivity index (χ3n) is 2.36. The summed E-state index contributed by atoms with van der Waals surface area (Å²) in [7, 11) is 1.98. The zero-order chi connectivity index (χ0) is 14.0. The number of aliphatic hydroxyl groups excluding tert-OH is 1. The molecule has 0 aromatic rings. The lowest BCUT2D eigenvalue weighted by Gasteiger charge is -2.13. The van der Waals surface area contributed by atoms with Gasteiger partial charge in [-0.2, -0.15) is 0 Å². The van der Waals surface area contributed by atoms with Crippen molar-refractivity contribution >= 4 is 5.91 Å². The van der Waals surface area contributed by atoms with Crippen molar-refractivity contribution in [2.24, 2.45) is 5.73 Å². The summed E-state index contributed by atoms with van der Waals surface area (Å²) in [6.45, 7) is 6.03. The molecule has 0 unspecified atom stereocenters. The monoisotopic (exact) mass is 253 g/mol. The van der Waals surface area contributed by atoms with E-state index >= 15 is 0 Å². The Morgan fingerprint density at radius 1 is 1.50 bits per heavy atom. The second-order valence-corrected chi connectivity index (χ2v) is 4.01. The second kappa shape index (κ2) is 9.30. The van der Waals surface area contributed by atoms with E-state index in [4.69, 9.17) is 10.8 Å². The molecule has 0 rings (SSSR count). The third kappa shape index (κ3) is 7.51. The number of amides is 1. The number of rotatable bonds is 7. The maximum atomic E-state index is 11.7. The molecule has 0 bridgehead atoms. The van der Waals surface area contributed by atoms with Crippen LogP contribution in [0, 0.1) is 0 Å². The van der Waals surface area contributed by atoms with Crippen LogP contribution in [0.3, 0.4) is 0 Å². The van der Waals surface area contributed by atoms with Crippen LogP contribution in [0.15, 0.2) is 35.8 Å². The zero-order valence-corrected chi connectivity index (χ0v) is 11.3. The highest BCUT2D eigenvalue weighted by Crippen LogP contribution is 1.97. The average molecular weight is 253 g/mol. The predicted molar refractivity (Wildman–Crippen MR) is 74.0 cm³/mol. The van der Waals surface area contributed by atoms with E-state index in [0.29, 0.717) is 12.2 Å². The predicted octanol–water partition coefficient (Wildman–Crippen LogP) is 0.915. The molecule has 0 heterocycles. The molecule has 18 heavy (non-hydrogen) atoms. The van der Waals surface area contributed by atoms with Crippen LogP contribution in [-0.4, -0.2) is 42.6 Å². The van der Waals surface area contributed by atoms with Crippen LogP contribution in [0.5, 0.6) is 0 Å².